The summed E-state index contributed by atoms with van der Waals surface area (Å²) in [7, 11) is 0. The van der Waals surface area contributed by atoms with E-state index in [1.54, 1.807) is 0 Å². The number of rotatable bonds is 2. The van der Waals surface area contributed by atoms with Crippen molar-refractivity contribution in [2.45, 2.75) is 45.1 Å². The van der Waals surface area contributed by atoms with Gasteiger partial charge in [0.25, 0.3) is 0 Å². The Labute approximate surface area is 105 Å². The first-order valence-corrected chi connectivity index (χ1v) is 6.84. The molecule has 16 heavy (non-hydrogen) atoms. The van der Waals surface area contributed by atoms with E-state index in [0.717, 1.165) is 10.1 Å². The van der Waals surface area contributed by atoms with E-state index in [2.05, 4.69) is 20.8 Å². The summed E-state index contributed by atoms with van der Waals surface area (Å²) in [4.78, 5) is 0. The minimum absolute atomic E-state index is 0.530. The highest BCUT2D eigenvalue weighted by Gasteiger charge is 2.14. The van der Waals surface area contributed by atoms with Gasteiger partial charge in [-0.25, -0.2) is 0 Å². The third-order valence-corrected chi connectivity index (χ3v) is 3.66. The molecule has 6 heteroatoms. The van der Waals surface area contributed by atoms with Crippen molar-refractivity contribution in [3.05, 3.63) is 5.01 Å². The fourth-order valence-corrected chi connectivity index (χ4v) is 2.84. The fourth-order valence-electron chi connectivity index (χ4n) is 1.91. The molecule has 4 nitrogen and oxygen atoms in total. The van der Waals surface area contributed by atoms with Gasteiger partial charge < -0.3 is 10.6 Å². The van der Waals surface area contributed by atoms with Crippen LogP contribution in [0.1, 0.15) is 37.1 Å². The van der Waals surface area contributed by atoms with Gasteiger partial charge in [-0.2, -0.15) is 0 Å². The highest BCUT2D eigenvalue weighted by molar-refractivity contribution is 7.80. The predicted molar refractivity (Wildman–Crippen MR) is 70.9 cm³/mol. The lowest BCUT2D eigenvalue weighted by molar-refractivity contribution is 0.415. The van der Waals surface area contributed by atoms with Crippen molar-refractivity contribution in [2.75, 3.05) is 5.32 Å². The Bertz CT molecular complexity index is 357. The topological polar surface area (TPSA) is 49.8 Å². The van der Waals surface area contributed by atoms with Gasteiger partial charge in [0.2, 0.25) is 5.13 Å². The molecule has 1 aromatic heterocycles. The van der Waals surface area contributed by atoms with Crippen LogP contribution in [0.4, 0.5) is 5.13 Å². The van der Waals surface area contributed by atoms with Gasteiger partial charge in [0.15, 0.2) is 5.11 Å². The lowest BCUT2D eigenvalue weighted by Gasteiger charge is -2.23. The second-order valence-electron chi connectivity index (χ2n) is 4.06. The molecule has 2 N–H and O–H groups in total. The zero-order valence-corrected chi connectivity index (χ0v) is 11.0. The number of aromatic nitrogens is 2. The van der Waals surface area contributed by atoms with Gasteiger partial charge in [0.1, 0.15) is 5.01 Å². The Balaban J connectivity index is 1.79. The van der Waals surface area contributed by atoms with Crippen LogP contribution >= 0.6 is 23.6 Å². The second kappa shape index (κ2) is 5.54. The van der Waals surface area contributed by atoms with E-state index in [0.29, 0.717) is 11.2 Å². The van der Waals surface area contributed by atoms with Crippen molar-refractivity contribution in [2.24, 2.45) is 0 Å². The van der Waals surface area contributed by atoms with Crippen LogP contribution in [-0.4, -0.2) is 21.4 Å². The summed E-state index contributed by atoms with van der Waals surface area (Å²) in [6.45, 7) is 1.93. The highest BCUT2D eigenvalue weighted by Crippen LogP contribution is 2.18. The zero-order chi connectivity index (χ0) is 11.4. The maximum Gasteiger partial charge on any atom is 0.211 e. The number of nitrogens with one attached hydrogen (secondary N) is 2. The van der Waals surface area contributed by atoms with Crippen molar-refractivity contribution in [1.82, 2.24) is 15.5 Å². The van der Waals surface area contributed by atoms with Gasteiger partial charge in [-0.1, -0.05) is 30.6 Å². The van der Waals surface area contributed by atoms with Crippen LogP contribution in [0.5, 0.6) is 0 Å². The van der Waals surface area contributed by atoms with Crippen molar-refractivity contribution in [1.29, 1.82) is 0 Å². The number of hydrogen-bond donors (Lipinski definition) is 2. The van der Waals surface area contributed by atoms with Crippen LogP contribution in [0, 0.1) is 6.92 Å². The molecule has 0 radical (unpaired) electrons. The molecule has 0 amide bonds. The smallest absolute Gasteiger partial charge is 0.211 e. The fraction of sp³-hybridized carbons (Fsp3) is 0.700. The number of thiocarbonyl (C=S) groups is 1. The molecule has 88 valence electrons. The lowest BCUT2D eigenvalue weighted by atomic mass is 9.96. The molecule has 1 aliphatic rings. The zero-order valence-electron chi connectivity index (χ0n) is 9.32. The number of hydrogen-bond acceptors (Lipinski definition) is 4. The monoisotopic (exact) mass is 256 g/mol. The molecule has 0 bridgehead atoms. The van der Waals surface area contributed by atoms with E-state index in [1.807, 2.05) is 6.92 Å². The third kappa shape index (κ3) is 3.38. The van der Waals surface area contributed by atoms with E-state index < -0.39 is 0 Å². The van der Waals surface area contributed by atoms with Gasteiger partial charge in [-0.05, 0) is 32.0 Å². The molecule has 0 spiro atoms. The van der Waals surface area contributed by atoms with E-state index in [1.165, 1.54) is 43.4 Å². The van der Waals surface area contributed by atoms with Crippen molar-refractivity contribution in [3.8, 4) is 0 Å². The Morgan fingerprint density at radius 3 is 2.69 bits per heavy atom. The molecule has 1 saturated carbocycles. The van der Waals surface area contributed by atoms with Crippen LogP contribution in [0.25, 0.3) is 0 Å². The van der Waals surface area contributed by atoms with Gasteiger partial charge in [0, 0.05) is 6.04 Å². The van der Waals surface area contributed by atoms with Crippen molar-refractivity contribution in [3.63, 3.8) is 0 Å². The Morgan fingerprint density at radius 2 is 2.06 bits per heavy atom. The van der Waals surface area contributed by atoms with Crippen LogP contribution in [0.15, 0.2) is 0 Å². The Morgan fingerprint density at radius 1 is 1.31 bits per heavy atom. The van der Waals surface area contributed by atoms with E-state index in [4.69, 9.17) is 12.2 Å². The normalized spacial score (nSPS) is 17.1. The van der Waals surface area contributed by atoms with Gasteiger partial charge >= 0.3 is 0 Å². The quantitative estimate of drug-likeness (QED) is 0.796. The summed E-state index contributed by atoms with van der Waals surface area (Å²) < 4.78 is 0. The second-order valence-corrected chi connectivity index (χ2v) is 5.65. The molecule has 0 atom stereocenters. The largest absolute Gasteiger partial charge is 0.360 e. The summed E-state index contributed by atoms with van der Waals surface area (Å²) in [6, 6.07) is 0.530. The van der Waals surface area contributed by atoms with E-state index in [-0.39, 0.29) is 0 Å². The highest BCUT2D eigenvalue weighted by atomic mass is 32.1. The minimum Gasteiger partial charge on any atom is -0.360 e. The van der Waals surface area contributed by atoms with Crippen molar-refractivity contribution >= 4 is 33.8 Å². The maximum absolute atomic E-state index is 5.24. The third-order valence-electron chi connectivity index (χ3n) is 2.69. The maximum atomic E-state index is 5.24. The summed E-state index contributed by atoms with van der Waals surface area (Å²) in [5.74, 6) is 0. The minimum atomic E-state index is 0.530. The predicted octanol–water partition coefficient (Wildman–Crippen LogP) is 2.47. The van der Waals surface area contributed by atoms with Crippen LogP contribution in [0.2, 0.25) is 0 Å². The van der Waals surface area contributed by atoms with Crippen LogP contribution in [-0.2, 0) is 0 Å². The summed E-state index contributed by atoms with van der Waals surface area (Å²) in [5, 5.41) is 16.7. The molecular formula is C10H16N4S2. The number of nitrogens with zero attached hydrogens (tertiary/aromatic N) is 2. The summed E-state index contributed by atoms with van der Waals surface area (Å²) in [6.07, 6.45) is 6.40. The molecule has 0 aromatic carbocycles. The number of aryl methyl sites for hydroxylation is 1. The molecule has 1 aliphatic carbocycles. The molecule has 0 aliphatic heterocycles. The molecule has 1 heterocycles. The van der Waals surface area contributed by atoms with Crippen LogP contribution < -0.4 is 10.6 Å². The van der Waals surface area contributed by atoms with Crippen molar-refractivity contribution < 1.29 is 0 Å². The number of anilines is 1. The first kappa shape index (κ1) is 11.7. The molecule has 0 unspecified atom stereocenters. The van der Waals surface area contributed by atoms with Gasteiger partial charge in [-0.15, -0.1) is 10.2 Å². The standard InChI is InChI=1S/C10H16N4S2/c1-7-13-14-10(16-7)12-9(15)11-8-5-3-2-4-6-8/h8H,2-6H2,1H3,(H2,11,12,14,15). The average molecular weight is 256 g/mol. The lowest BCUT2D eigenvalue weighted by Crippen LogP contribution is -2.38. The first-order chi connectivity index (χ1) is 7.74. The first-order valence-electron chi connectivity index (χ1n) is 5.61. The molecule has 0 saturated heterocycles. The Kier molecular flexibility index (Phi) is 4.06. The molecule has 1 aromatic rings. The molecule has 2 rings (SSSR count). The average Bonchev–Trinajstić information content (AvgIpc) is 2.65. The van der Waals surface area contributed by atoms with E-state index >= 15 is 0 Å². The summed E-state index contributed by atoms with van der Waals surface area (Å²) >= 11 is 6.76. The van der Waals surface area contributed by atoms with Gasteiger partial charge in [0.05, 0.1) is 0 Å². The van der Waals surface area contributed by atoms with E-state index in [9.17, 15) is 0 Å². The SMILES string of the molecule is Cc1nnc(NC(=S)NC2CCCCC2)s1. The molecular weight excluding hydrogens is 240 g/mol. The summed E-state index contributed by atoms with van der Waals surface area (Å²) in [5.41, 5.74) is 0. The van der Waals surface area contributed by atoms with Gasteiger partial charge in [-0.3, -0.25) is 0 Å². The molecule has 1 fully saturated rings. The van der Waals surface area contributed by atoms with Crippen LogP contribution in [0.3, 0.4) is 0 Å². The Hall–Kier alpha value is -0.750.